The van der Waals surface area contributed by atoms with Crippen LogP contribution in [0.15, 0.2) is 0 Å². The lowest BCUT2D eigenvalue weighted by Gasteiger charge is -2.38. The smallest absolute Gasteiger partial charge is 0.226 e. The van der Waals surface area contributed by atoms with Crippen molar-refractivity contribution in [1.29, 1.82) is 0 Å². The molecule has 0 aromatic rings. The zero-order chi connectivity index (χ0) is 16.7. The first kappa shape index (κ1) is 18.9. The highest BCUT2D eigenvalue weighted by atomic mass is 16.3. The first-order valence-corrected chi connectivity index (χ1v) is 8.62. The number of hydrogen-bond donors (Lipinski definition) is 2. The summed E-state index contributed by atoms with van der Waals surface area (Å²) < 4.78 is 0. The molecule has 3 N–H and O–H groups in total. The van der Waals surface area contributed by atoms with E-state index in [4.69, 9.17) is 5.73 Å². The molecule has 1 aliphatic heterocycles. The Morgan fingerprint density at radius 3 is 2.45 bits per heavy atom. The van der Waals surface area contributed by atoms with Gasteiger partial charge in [0.25, 0.3) is 0 Å². The summed E-state index contributed by atoms with van der Waals surface area (Å²) in [5.41, 5.74) is 5.57. The summed E-state index contributed by atoms with van der Waals surface area (Å²) in [6.07, 6.45) is 4.99. The summed E-state index contributed by atoms with van der Waals surface area (Å²) in [6.45, 7) is 6.80. The molecule has 1 aliphatic rings. The SMILES string of the molecule is CCC[C@@H](C(N)=O)[C@@H](CC(C)C)C(=O)N1CCCCC1CO. The minimum atomic E-state index is -0.402. The minimum Gasteiger partial charge on any atom is -0.394 e. The van der Waals surface area contributed by atoms with Crippen molar-refractivity contribution in [2.45, 2.75) is 65.3 Å². The fraction of sp³-hybridized carbons (Fsp3) is 0.882. The van der Waals surface area contributed by atoms with Crippen molar-refractivity contribution < 1.29 is 14.7 Å². The van der Waals surface area contributed by atoms with Gasteiger partial charge in [-0.05, 0) is 38.0 Å². The van der Waals surface area contributed by atoms with E-state index in [2.05, 4.69) is 13.8 Å². The maximum atomic E-state index is 13.0. The van der Waals surface area contributed by atoms with Gasteiger partial charge in [0.2, 0.25) is 11.8 Å². The molecule has 0 spiro atoms. The van der Waals surface area contributed by atoms with E-state index in [0.29, 0.717) is 25.3 Å². The van der Waals surface area contributed by atoms with Crippen LogP contribution < -0.4 is 5.73 Å². The molecule has 5 heteroatoms. The van der Waals surface area contributed by atoms with Crippen molar-refractivity contribution >= 4 is 11.8 Å². The normalized spacial score (nSPS) is 21.7. The minimum absolute atomic E-state index is 0.00435. The van der Waals surface area contributed by atoms with Crippen LogP contribution in [-0.4, -0.2) is 41.0 Å². The second kappa shape index (κ2) is 9.13. The highest BCUT2D eigenvalue weighted by Gasteiger charge is 2.37. The molecule has 1 fully saturated rings. The Labute approximate surface area is 134 Å². The molecule has 0 aromatic carbocycles. The van der Waals surface area contributed by atoms with E-state index < -0.39 is 5.92 Å². The molecule has 0 saturated carbocycles. The van der Waals surface area contributed by atoms with Gasteiger partial charge in [-0.3, -0.25) is 9.59 Å². The number of carbonyl (C=O) groups is 2. The van der Waals surface area contributed by atoms with Crippen molar-refractivity contribution in [2.24, 2.45) is 23.5 Å². The van der Waals surface area contributed by atoms with Gasteiger partial charge in [0.15, 0.2) is 0 Å². The summed E-state index contributed by atoms with van der Waals surface area (Å²) in [6, 6.07) is -0.105. The van der Waals surface area contributed by atoms with Crippen molar-refractivity contribution in [3.05, 3.63) is 0 Å². The highest BCUT2D eigenvalue weighted by molar-refractivity contribution is 5.87. The lowest BCUT2D eigenvalue weighted by molar-refractivity contribution is -0.146. The molecule has 22 heavy (non-hydrogen) atoms. The van der Waals surface area contributed by atoms with Crippen LogP contribution in [0.5, 0.6) is 0 Å². The number of primary amides is 1. The highest BCUT2D eigenvalue weighted by Crippen LogP contribution is 2.29. The first-order valence-electron chi connectivity index (χ1n) is 8.62. The van der Waals surface area contributed by atoms with Gasteiger partial charge in [-0.15, -0.1) is 0 Å². The molecule has 5 nitrogen and oxygen atoms in total. The number of nitrogens with zero attached hydrogens (tertiary/aromatic N) is 1. The average Bonchev–Trinajstić information content (AvgIpc) is 2.49. The van der Waals surface area contributed by atoms with Gasteiger partial charge in [0.05, 0.1) is 12.6 Å². The van der Waals surface area contributed by atoms with Gasteiger partial charge in [-0.25, -0.2) is 0 Å². The van der Waals surface area contributed by atoms with E-state index in [-0.39, 0.29) is 30.4 Å². The molecule has 0 aromatic heterocycles. The largest absolute Gasteiger partial charge is 0.394 e. The van der Waals surface area contributed by atoms with Crippen LogP contribution in [-0.2, 0) is 9.59 Å². The molecule has 1 saturated heterocycles. The number of rotatable bonds is 8. The van der Waals surface area contributed by atoms with Crippen LogP contribution in [0.3, 0.4) is 0 Å². The van der Waals surface area contributed by atoms with E-state index in [9.17, 15) is 14.7 Å². The monoisotopic (exact) mass is 312 g/mol. The molecule has 2 amide bonds. The molecule has 1 unspecified atom stereocenters. The number of carbonyl (C=O) groups excluding carboxylic acids is 2. The Kier molecular flexibility index (Phi) is 7.87. The van der Waals surface area contributed by atoms with Crippen molar-refractivity contribution in [3.8, 4) is 0 Å². The predicted molar refractivity (Wildman–Crippen MR) is 87.0 cm³/mol. The Hall–Kier alpha value is -1.10. The Morgan fingerprint density at radius 1 is 1.27 bits per heavy atom. The number of aliphatic hydroxyl groups excluding tert-OH is 1. The van der Waals surface area contributed by atoms with Crippen LogP contribution in [0.4, 0.5) is 0 Å². The third-order valence-electron chi connectivity index (χ3n) is 4.61. The molecule has 3 atom stereocenters. The number of likely N-dealkylation sites (tertiary alicyclic amines) is 1. The maximum Gasteiger partial charge on any atom is 0.226 e. The van der Waals surface area contributed by atoms with Crippen molar-refractivity contribution in [2.75, 3.05) is 13.2 Å². The van der Waals surface area contributed by atoms with Gasteiger partial charge < -0.3 is 15.7 Å². The van der Waals surface area contributed by atoms with Crippen LogP contribution in [0.1, 0.15) is 59.3 Å². The fourth-order valence-corrected chi connectivity index (χ4v) is 3.49. The van der Waals surface area contributed by atoms with Gasteiger partial charge in [0, 0.05) is 18.4 Å². The maximum absolute atomic E-state index is 13.0. The van der Waals surface area contributed by atoms with E-state index in [0.717, 1.165) is 25.7 Å². The van der Waals surface area contributed by atoms with E-state index >= 15 is 0 Å². The van der Waals surface area contributed by atoms with Gasteiger partial charge in [-0.2, -0.15) is 0 Å². The lowest BCUT2D eigenvalue weighted by Crippen LogP contribution is -2.50. The summed E-state index contributed by atoms with van der Waals surface area (Å²) in [7, 11) is 0. The molecule has 0 bridgehead atoms. The summed E-state index contributed by atoms with van der Waals surface area (Å²) in [5, 5.41) is 9.54. The third kappa shape index (κ3) is 4.97. The topological polar surface area (TPSA) is 83.6 Å². The molecule has 128 valence electrons. The second-order valence-corrected chi connectivity index (χ2v) is 6.90. The third-order valence-corrected chi connectivity index (χ3v) is 4.61. The molecular weight excluding hydrogens is 280 g/mol. The number of hydrogen-bond acceptors (Lipinski definition) is 3. The van der Waals surface area contributed by atoms with Crippen molar-refractivity contribution in [3.63, 3.8) is 0 Å². The summed E-state index contributed by atoms with van der Waals surface area (Å²) >= 11 is 0. The van der Waals surface area contributed by atoms with E-state index in [1.54, 1.807) is 4.90 Å². The van der Waals surface area contributed by atoms with Gasteiger partial charge in [-0.1, -0.05) is 27.2 Å². The zero-order valence-corrected chi connectivity index (χ0v) is 14.3. The average molecular weight is 312 g/mol. The molecule has 1 heterocycles. The zero-order valence-electron chi connectivity index (χ0n) is 14.3. The van der Waals surface area contributed by atoms with Crippen LogP contribution in [0.25, 0.3) is 0 Å². The van der Waals surface area contributed by atoms with E-state index in [1.807, 2.05) is 6.92 Å². The van der Waals surface area contributed by atoms with Crippen molar-refractivity contribution in [1.82, 2.24) is 4.90 Å². The standard InChI is InChI=1S/C17H32N2O3/c1-4-7-14(16(18)21)15(10-12(2)3)17(22)19-9-6-5-8-13(19)11-20/h12-15,20H,4-11H2,1-3H3,(H2,18,21)/t13?,14-,15-/m1/s1. The Morgan fingerprint density at radius 2 is 1.95 bits per heavy atom. The van der Waals surface area contributed by atoms with Crippen LogP contribution in [0.2, 0.25) is 0 Å². The quantitative estimate of drug-likeness (QED) is 0.718. The fourth-order valence-electron chi connectivity index (χ4n) is 3.49. The van der Waals surface area contributed by atoms with Crippen LogP contribution >= 0.6 is 0 Å². The number of piperidine rings is 1. The summed E-state index contributed by atoms with van der Waals surface area (Å²) in [5.74, 6) is -0.807. The first-order chi connectivity index (χ1) is 10.4. The Balaban J connectivity index is 2.97. The molecular formula is C17H32N2O3. The molecule has 1 rings (SSSR count). The van der Waals surface area contributed by atoms with Gasteiger partial charge in [0.1, 0.15) is 0 Å². The number of aliphatic hydroxyl groups is 1. The number of amides is 2. The molecule has 0 aliphatic carbocycles. The predicted octanol–water partition coefficient (Wildman–Crippen LogP) is 1.92. The van der Waals surface area contributed by atoms with E-state index in [1.165, 1.54) is 0 Å². The Bertz CT molecular complexity index is 371. The number of nitrogens with two attached hydrogens (primary N) is 1. The van der Waals surface area contributed by atoms with Crippen LogP contribution in [0, 0.1) is 17.8 Å². The lowest BCUT2D eigenvalue weighted by atomic mass is 9.80. The molecule has 0 radical (unpaired) electrons. The second-order valence-electron chi connectivity index (χ2n) is 6.90. The van der Waals surface area contributed by atoms with Gasteiger partial charge >= 0.3 is 0 Å². The summed E-state index contributed by atoms with van der Waals surface area (Å²) in [4.78, 5) is 26.7.